The predicted molar refractivity (Wildman–Crippen MR) is 109 cm³/mol. The first-order chi connectivity index (χ1) is 14.5. The molecule has 3 fully saturated rings. The van der Waals surface area contributed by atoms with Gasteiger partial charge in [0.2, 0.25) is 0 Å². The Balaban J connectivity index is 1.41. The lowest BCUT2D eigenvalue weighted by molar-refractivity contribution is -0.0494. The van der Waals surface area contributed by atoms with E-state index in [0.717, 1.165) is 50.5 Å². The lowest BCUT2D eigenvalue weighted by Gasteiger charge is -2.19. The number of methoxy groups -OCH3 is 1. The van der Waals surface area contributed by atoms with E-state index in [9.17, 15) is 8.78 Å². The van der Waals surface area contributed by atoms with Crippen LogP contribution in [0.4, 0.5) is 14.6 Å². The Morgan fingerprint density at radius 1 is 1.20 bits per heavy atom. The number of nitrogens with two attached hydrogens (primary N) is 1. The summed E-state index contributed by atoms with van der Waals surface area (Å²) in [6, 6.07) is 5.86. The van der Waals surface area contributed by atoms with Gasteiger partial charge >= 0.3 is 6.61 Å². The molecule has 5 rings (SSSR count). The number of rotatable bonds is 8. The molecule has 0 bridgehead atoms. The molecule has 2 aromatic rings. The van der Waals surface area contributed by atoms with E-state index >= 15 is 0 Å². The van der Waals surface area contributed by atoms with Crippen molar-refractivity contribution < 1.29 is 18.3 Å². The Morgan fingerprint density at radius 2 is 1.97 bits per heavy atom. The number of likely N-dealkylation sites (tertiary alicyclic amines) is 1. The average molecular weight is 416 g/mol. The van der Waals surface area contributed by atoms with E-state index in [1.54, 1.807) is 13.3 Å². The SMILES string of the molecule is COCCN1CC2C(C1)C2c1cc(-c2cnc(N)c(OC(F)F)c2)nc(C2CC2)c1. The zero-order valence-electron chi connectivity index (χ0n) is 16.9. The highest BCUT2D eigenvalue weighted by molar-refractivity contribution is 5.65. The minimum Gasteiger partial charge on any atom is -0.431 e. The van der Waals surface area contributed by atoms with Crippen LogP contribution in [0.2, 0.25) is 0 Å². The fourth-order valence-corrected chi connectivity index (χ4v) is 4.80. The molecule has 2 atom stereocenters. The minimum atomic E-state index is -2.95. The summed E-state index contributed by atoms with van der Waals surface area (Å²) in [5.74, 6) is 2.23. The van der Waals surface area contributed by atoms with Gasteiger partial charge in [0.25, 0.3) is 0 Å². The molecule has 2 unspecified atom stereocenters. The number of fused-ring (bicyclic) bond motifs is 1. The van der Waals surface area contributed by atoms with Crippen molar-refractivity contribution in [1.29, 1.82) is 0 Å². The summed E-state index contributed by atoms with van der Waals surface area (Å²) in [4.78, 5) is 11.3. The number of hydrogen-bond donors (Lipinski definition) is 1. The van der Waals surface area contributed by atoms with Gasteiger partial charge in [0.1, 0.15) is 0 Å². The topological polar surface area (TPSA) is 73.5 Å². The van der Waals surface area contributed by atoms with Crippen molar-refractivity contribution in [2.75, 3.05) is 39.1 Å². The fourth-order valence-electron chi connectivity index (χ4n) is 4.80. The lowest BCUT2D eigenvalue weighted by atomic mass is 10.0. The number of ether oxygens (including phenoxy) is 2. The van der Waals surface area contributed by atoms with E-state index in [-0.39, 0.29) is 11.6 Å². The van der Waals surface area contributed by atoms with Gasteiger partial charge in [0.05, 0.1) is 12.3 Å². The van der Waals surface area contributed by atoms with E-state index in [4.69, 9.17) is 15.5 Å². The van der Waals surface area contributed by atoms with Crippen molar-refractivity contribution in [3.63, 3.8) is 0 Å². The van der Waals surface area contributed by atoms with Gasteiger partial charge in [0, 0.05) is 50.1 Å². The fraction of sp³-hybridized carbons (Fsp3) is 0.545. The molecule has 2 N–H and O–H groups in total. The summed E-state index contributed by atoms with van der Waals surface area (Å²) < 4.78 is 35.1. The highest BCUT2D eigenvalue weighted by Gasteiger charge is 2.56. The van der Waals surface area contributed by atoms with Gasteiger partial charge < -0.3 is 20.1 Å². The number of anilines is 1. The van der Waals surface area contributed by atoms with E-state index in [2.05, 4.69) is 26.8 Å². The molecule has 0 aromatic carbocycles. The van der Waals surface area contributed by atoms with E-state index in [1.807, 2.05) is 0 Å². The molecule has 1 saturated heterocycles. The normalized spacial score (nSPS) is 25.5. The molecule has 6 nitrogen and oxygen atoms in total. The summed E-state index contributed by atoms with van der Waals surface area (Å²) in [6.45, 7) is 1.01. The van der Waals surface area contributed by atoms with E-state index < -0.39 is 6.61 Å². The van der Waals surface area contributed by atoms with Crippen LogP contribution in [0.1, 0.15) is 35.9 Å². The van der Waals surface area contributed by atoms with Crippen molar-refractivity contribution in [2.45, 2.75) is 31.3 Å². The Bertz CT molecular complexity index is 925. The maximum absolute atomic E-state index is 12.7. The molecule has 0 spiro atoms. The molecule has 2 saturated carbocycles. The third-order valence-electron chi connectivity index (χ3n) is 6.52. The van der Waals surface area contributed by atoms with E-state index in [1.165, 1.54) is 11.6 Å². The number of alkyl halides is 2. The number of hydrogen-bond acceptors (Lipinski definition) is 6. The van der Waals surface area contributed by atoms with Gasteiger partial charge in [0.15, 0.2) is 11.6 Å². The van der Waals surface area contributed by atoms with Crippen LogP contribution >= 0.6 is 0 Å². The van der Waals surface area contributed by atoms with Crippen molar-refractivity contribution in [2.24, 2.45) is 11.8 Å². The Morgan fingerprint density at radius 3 is 2.63 bits per heavy atom. The average Bonchev–Trinajstić information content (AvgIpc) is 3.64. The van der Waals surface area contributed by atoms with Crippen molar-refractivity contribution in [3.05, 3.63) is 35.7 Å². The van der Waals surface area contributed by atoms with Gasteiger partial charge in [-0.15, -0.1) is 0 Å². The van der Waals surface area contributed by atoms with Crippen LogP contribution < -0.4 is 10.5 Å². The second-order valence-corrected chi connectivity index (χ2v) is 8.58. The maximum Gasteiger partial charge on any atom is 0.387 e. The highest BCUT2D eigenvalue weighted by atomic mass is 19.3. The zero-order valence-corrected chi connectivity index (χ0v) is 16.9. The van der Waals surface area contributed by atoms with Crippen LogP contribution in [0.15, 0.2) is 24.4 Å². The first kappa shape index (κ1) is 19.6. The first-order valence-electron chi connectivity index (χ1n) is 10.5. The number of nitrogen functional groups attached to an aromatic ring is 1. The molecule has 3 heterocycles. The summed E-state index contributed by atoms with van der Waals surface area (Å²) in [7, 11) is 1.74. The largest absolute Gasteiger partial charge is 0.431 e. The minimum absolute atomic E-state index is 0.0505. The second-order valence-electron chi connectivity index (χ2n) is 8.58. The number of nitrogens with zero attached hydrogens (tertiary/aromatic N) is 3. The quantitative estimate of drug-likeness (QED) is 0.710. The summed E-state index contributed by atoms with van der Waals surface area (Å²) >= 11 is 0. The van der Waals surface area contributed by atoms with Gasteiger partial charge in [-0.1, -0.05) is 0 Å². The highest BCUT2D eigenvalue weighted by Crippen LogP contribution is 2.58. The Hall–Kier alpha value is -2.32. The van der Waals surface area contributed by atoms with Crippen molar-refractivity contribution >= 4 is 5.82 Å². The monoisotopic (exact) mass is 416 g/mol. The number of aromatic nitrogens is 2. The molecule has 30 heavy (non-hydrogen) atoms. The maximum atomic E-state index is 12.7. The third-order valence-corrected chi connectivity index (χ3v) is 6.52. The lowest BCUT2D eigenvalue weighted by Crippen LogP contribution is -2.27. The smallest absolute Gasteiger partial charge is 0.387 e. The number of halogens is 2. The molecule has 0 radical (unpaired) electrons. The third kappa shape index (κ3) is 3.86. The molecule has 2 aliphatic carbocycles. The standard InChI is InChI=1S/C22H26F2N4O2/c1-29-5-4-28-10-15-16(11-28)20(15)13-6-17(12-2-3-12)27-18(7-13)14-8-19(30-22(23)24)21(25)26-9-14/h6-9,12,15-16,20,22H,2-5,10-11H2,1H3,(H2,25,26). The molecule has 160 valence electrons. The first-order valence-corrected chi connectivity index (χ1v) is 10.5. The van der Waals surface area contributed by atoms with Crippen LogP contribution in [-0.2, 0) is 4.74 Å². The van der Waals surface area contributed by atoms with Crippen molar-refractivity contribution in [1.82, 2.24) is 14.9 Å². The zero-order chi connectivity index (χ0) is 20.8. The number of pyridine rings is 2. The Kier molecular flexibility index (Phi) is 5.06. The van der Waals surface area contributed by atoms with Crippen LogP contribution in [-0.4, -0.2) is 54.8 Å². The summed E-state index contributed by atoms with van der Waals surface area (Å²) in [5, 5.41) is 0. The van der Waals surface area contributed by atoms with Gasteiger partial charge in [-0.05, 0) is 54.4 Å². The summed E-state index contributed by atoms with van der Waals surface area (Å²) in [5.41, 5.74) is 9.50. The molecule has 1 aliphatic heterocycles. The van der Waals surface area contributed by atoms with Gasteiger partial charge in [-0.3, -0.25) is 4.98 Å². The molecule has 2 aromatic heterocycles. The predicted octanol–water partition coefficient (Wildman–Crippen LogP) is 3.50. The molecular weight excluding hydrogens is 390 g/mol. The summed E-state index contributed by atoms with van der Waals surface area (Å²) in [6.07, 6.45) is 3.88. The Labute approximate surface area is 174 Å². The van der Waals surface area contributed by atoms with Crippen LogP contribution in [0.25, 0.3) is 11.3 Å². The number of piperidine rings is 1. The van der Waals surface area contributed by atoms with Crippen LogP contribution in [0, 0.1) is 11.8 Å². The van der Waals surface area contributed by atoms with Crippen LogP contribution in [0.3, 0.4) is 0 Å². The molecular formula is C22H26F2N4O2. The molecule has 0 amide bonds. The van der Waals surface area contributed by atoms with Crippen LogP contribution in [0.5, 0.6) is 5.75 Å². The van der Waals surface area contributed by atoms with E-state index in [0.29, 0.717) is 29.2 Å². The molecule has 3 aliphatic rings. The van der Waals surface area contributed by atoms with Crippen molar-refractivity contribution in [3.8, 4) is 17.0 Å². The van der Waals surface area contributed by atoms with Gasteiger partial charge in [-0.25, -0.2) is 4.98 Å². The molecule has 8 heteroatoms. The second kappa shape index (κ2) is 7.74. The van der Waals surface area contributed by atoms with Gasteiger partial charge in [-0.2, -0.15) is 8.78 Å².